The lowest BCUT2D eigenvalue weighted by Gasteiger charge is -2.31. The van der Waals surface area contributed by atoms with Gasteiger partial charge in [0.15, 0.2) is 6.10 Å². The Morgan fingerprint density at radius 1 is 1.30 bits per heavy atom. The van der Waals surface area contributed by atoms with Crippen LogP contribution in [0.3, 0.4) is 0 Å². The van der Waals surface area contributed by atoms with Gasteiger partial charge in [-0.05, 0) is 44.0 Å². The first-order valence-corrected chi connectivity index (χ1v) is 10.2. The van der Waals surface area contributed by atoms with Gasteiger partial charge in [-0.1, -0.05) is 31.0 Å². The molecule has 0 aliphatic heterocycles. The summed E-state index contributed by atoms with van der Waals surface area (Å²) in [5.74, 6) is 0.842. The number of halogens is 1. The van der Waals surface area contributed by atoms with E-state index >= 15 is 0 Å². The smallest absolute Gasteiger partial charge is 0.277 e. The summed E-state index contributed by atoms with van der Waals surface area (Å²) >= 11 is 1.23. The first-order valence-electron chi connectivity index (χ1n) is 9.17. The second-order valence-corrected chi connectivity index (χ2v) is 7.63. The van der Waals surface area contributed by atoms with Crippen LogP contribution in [-0.4, -0.2) is 39.8 Å². The Bertz CT molecular complexity index is 747. The summed E-state index contributed by atoms with van der Waals surface area (Å²) in [6, 6.07) is 6.07. The molecular weight excluding hydrogens is 369 g/mol. The zero-order chi connectivity index (χ0) is 19.2. The minimum Gasteiger partial charge on any atom is -0.481 e. The largest absolute Gasteiger partial charge is 0.481 e. The third-order valence-electron chi connectivity index (χ3n) is 4.73. The number of nitrogens with zero attached hydrogens (tertiary/aromatic N) is 3. The maximum atomic E-state index is 12.9. The minimum atomic E-state index is -0.474. The fraction of sp³-hybridized carbons (Fsp3) is 0.526. The van der Waals surface area contributed by atoms with Gasteiger partial charge in [0, 0.05) is 13.1 Å². The summed E-state index contributed by atoms with van der Waals surface area (Å²) in [6.45, 7) is 1.77. The lowest BCUT2D eigenvalue weighted by molar-refractivity contribution is -0.129. The lowest BCUT2D eigenvalue weighted by atomic mass is 9.94. The zero-order valence-electron chi connectivity index (χ0n) is 15.6. The average molecular weight is 393 g/mol. The molecule has 1 aromatic heterocycles. The number of hydrogen-bond acceptors (Lipinski definition) is 6. The first kappa shape index (κ1) is 19.7. The van der Waals surface area contributed by atoms with Crippen molar-refractivity contribution >= 4 is 17.7 Å². The topological polar surface area (TPSA) is 68.5 Å². The van der Waals surface area contributed by atoms with Crippen LogP contribution in [0.2, 0.25) is 0 Å². The molecule has 0 bridgehead atoms. The van der Waals surface area contributed by atoms with Crippen molar-refractivity contribution < 1.29 is 18.3 Å². The highest BCUT2D eigenvalue weighted by atomic mass is 32.2. The number of amides is 1. The van der Waals surface area contributed by atoms with Crippen LogP contribution < -0.4 is 4.74 Å². The molecule has 6 nitrogen and oxygen atoms in total. The van der Waals surface area contributed by atoms with Gasteiger partial charge in [-0.2, -0.15) is 0 Å². The van der Waals surface area contributed by atoms with Gasteiger partial charge >= 0.3 is 0 Å². The fourth-order valence-electron chi connectivity index (χ4n) is 3.11. The maximum Gasteiger partial charge on any atom is 0.277 e. The minimum absolute atomic E-state index is 0.0715. The van der Waals surface area contributed by atoms with Crippen molar-refractivity contribution in [2.75, 3.05) is 12.8 Å². The second-order valence-electron chi connectivity index (χ2n) is 6.71. The van der Waals surface area contributed by atoms with Crippen LogP contribution in [0.1, 0.15) is 51.0 Å². The van der Waals surface area contributed by atoms with Gasteiger partial charge in [-0.25, -0.2) is 4.39 Å². The van der Waals surface area contributed by atoms with E-state index in [-0.39, 0.29) is 17.5 Å². The van der Waals surface area contributed by atoms with E-state index < -0.39 is 6.10 Å². The number of aromatic nitrogens is 2. The summed E-state index contributed by atoms with van der Waals surface area (Å²) in [7, 11) is 1.87. The molecule has 0 N–H and O–H groups in total. The van der Waals surface area contributed by atoms with Gasteiger partial charge in [0.1, 0.15) is 11.6 Å². The summed E-state index contributed by atoms with van der Waals surface area (Å²) < 4.78 is 24.2. The Hall–Kier alpha value is -2.09. The molecule has 0 saturated heterocycles. The van der Waals surface area contributed by atoms with E-state index in [2.05, 4.69) is 10.2 Å². The number of rotatable bonds is 7. The quantitative estimate of drug-likeness (QED) is 0.656. The molecule has 1 aliphatic carbocycles. The Labute approximate surface area is 162 Å². The molecule has 1 aliphatic rings. The summed E-state index contributed by atoms with van der Waals surface area (Å²) in [5.41, 5.74) is 0. The van der Waals surface area contributed by atoms with Gasteiger partial charge in [0.2, 0.25) is 5.91 Å². The van der Waals surface area contributed by atoms with Gasteiger partial charge in [0.05, 0.1) is 5.75 Å². The molecule has 3 rings (SSSR count). The summed E-state index contributed by atoms with van der Waals surface area (Å²) in [4.78, 5) is 14.2. The molecule has 0 spiro atoms. The van der Waals surface area contributed by atoms with Crippen LogP contribution in [0, 0.1) is 5.82 Å². The van der Waals surface area contributed by atoms with Crippen LogP contribution in [-0.2, 0) is 4.79 Å². The van der Waals surface area contributed by atoms with E-state index in [4.69, 9.17) is 9.15 Å². The van der Waals surface area contributed by atoms with Gasteiger partial charge in [-0.3, -0.25) is 4.79 Å². The van der Waals surface area contributed by atoms with E-state index in [1.807, 2.05) is 11.9 Å². The molecule has 1 saturated carbocycles. The van der Waals surface area contributed by atoms with Crippen LogP contribution in [0.5, 0.6) is 5.75 Å². The van der Waals surface area contributed by atoms with E-state index in [9.17, 15) is 9.18 Å². The number of hydrogen-bond donors (Lipinski definition) is 0. The molecular formula is C19H24FN3O3S. The molecule has 1 atom stereocenters. The number of carbonyl (C=O) groups excluding carboxylic acids is 1. The standard InChI is InChI=1S/C19H24FN3O3S/c1-13(25-16-10-8-14(20)9-11-16)18-21-22-19(26-18)27-12-17(24)23(2)15-6-4-3-5-7-15/h8-11,13,15H,3-7,12H2,1-2H3. The van der Waals surface area contributed by atoms with Gasteiger partial charge in [-0.15, -0.1) is 10.2 Å². The van der Waals surface area contributed by atoms with Crippen molar-refractivity contribution in [2.24, 2.45) is 0 Å². The normalized spacial score (nSPS) is 16.1. The molecule has 8 heteroatoms. The predicted octanol–water partition coefficient (Wildman–Crippen LogP) is 4.23. The van der Waals surface area contributed by atoms with Crippen molar-refractivity contribution in [3.63, 3.8) is 0 Å². The highest BCUT2D eigenvalue weighted by molar-refractivity contribution is 7.99. The van der Waals surface area contributed by atoms with Crippen molar-refractivity contribution in [1.29, 1.82) is 0 Å². The van der Waals surface area contributed by atoms with Crippen molar-refractivity contribution in [2.45, 2.75) is 56.4 Å². The van der Waals surface area contributed by atoms with Gasteiger partial charge < -0.3 is 14.1 Å². The third-order valence-corrected chi connectivity index (χ3v) is 5.53. The Kier molecular flexibility index (Phi) is 6.71. The van der Waals surface area contributed by atoms with Crippen molar-refractivity contribution in [3.8, 4) is 5.75 Å². The summed E-state index contributed by atoms with van der Waals surface area (Å²) in [5, 5.41) is 8.29. The maximum absolute atomic E-state index is 12.9. The molecule has 1 unspecified atom stereocenters. The fourth-order valence-corrected chi connectivity index (χ4v) is 3.80. The monoisotopic (exact) mass is 393 g/mol. The molecule has 27 heavy (non-hydrogen) atoms. The second kappa shape index (κ2) is 9.21. The van der Waals surface area contributed by atoms with Crippen molar-refractivity contribution in [1.82, 2.24) is 15.1 Å². The number of thioether (sulfide) groups is 1. The third kappa shape index (κ3) is 5.45. The van der Waals surface area contributed by atoms with Crippen LogP contribution in [0.25, 0.3) is 0 Å². The summed E-state index contributed by atoms with van der Waals surface area (Å²) in [6.07, 6.45) is 5.32. The molecule has 2 aromatic rings. The van der Waals surface area contributed by atoms with Crippen molar-refractivity contribution in [3.05, 3.63) is 36.0 Å². The van der Waals surface area contributed by atoms with E-state index in [1.165, 1.54) is 55.3 Å². The van der Waals surface area contributed by atoms with Crippen LogP contribution >= 0.6 is 11.8 Å². The van der Waals surface area contributed by atoms with Gasteiger partial charge in [0.25, 0.3) is 11.1 Å². The van der Waals surface area contributed by atoms with E-state index in [0.717, 1.165) is 12.8 Å². The van der Waals surface area contributed by atoms with E-state index in [1.54, 1.807) is 6.92 Å². The first-order chi connectivity index (χ1) is 13.0. The molecule has 1 aromatic carbocycles. The van der Waals surface area contributed by atoms with E-state index in [0.29, 0.717) is 22.9 Å². The highest BCUT2D eigenvalue weighted by Gasteiger charge is 2.23. The Morgan fingerprint density at radius 2 is 2.00 bits per heavy atom. The van der Waals surface area contributed by atoms with Crippen LogP contribution in [0.15, 0.2) is 33.9 Å². The number of carbonyl (C=O) groups is 1. The Balaban J connectivity index is 1.49. The Morgan fingerprint density at radius 3 is 2.70 bits per heavy atom. The highest BCUT2D eigenvalue weighted by Crippen LogP contribution is 2.26. The molecule has 146 valence electrons. The molecule has 0 radical (unpaired) electrons. The molecule has 1 heterocycles. The zero-order valence-corrected chi connectivity index (χ0v) is 16.4. The molecule has 1 fully saturated rings. The average Bonchev–Trinajstić information content (AvgIpc) is 3.17. The number of ether oxygens (including phenoxy) is 1. The van der Waals surface area contributed by atoms with Crippen LogP contribution in [0.4, 0.5) is 4.39 Å². The molecule has 1 amide bonds. The lowest BCUT2D eigenvalue weighted by Crippen LogP contribution is -2.39. The number of benzene rings is 1. The predicted molar refractivity (Wildman–Crippen MR) is 100 cm³/mol. The SMILES string of the molecule is CC(Oc1ccc(F)cc1)c1nnc(SCC(=O)N(C)C2CCCCC2)o1.